The highest BCUT2D eigenvalue weighted by Crippen LogP contribution is 2.49. The van der Waals surface area contributed by atoms with Crippen molar-refractivity contribution >= 4 is 23.5 Å². The number of ketones is 1. The van der Waals surface area contributed by atoms with E-state index in [4.69, 9.17) is 0 Å². The van der Waals surface area contributed by atoms with Crippen molar-refractivity contribution in [3.8, 4) is 0 Å². The lowest BCUT2D eigenvalue weighted by atomic mass is 9.84. The van der Waals surface area contributed by atoms with Crippen LogP contribution in [0.2, 0.25) is 0 Å². The van der Waals surface area contributed by atoms with Crippen LogP contribution in [0.15, 0.2) is 5.03 Å². The molecule has 0 radical (unpaired) electrons. The van der Waals surface area contributed by atoms with Crippen LogP contribution in [0.4, 0.5) is 0 Å². The minimum atomic E-state index is -0.0595. The van der Waals surface area contributed by atoms with Crippen molar-refractivity contribution in [1.29, 1.82) is 0 Å². The fourth-order valence-corrected chi connectivity index (χ4v) is 5.62. The molecule has 2 aliphatic rings. The summed E-state index contributed by atoms with van der Waals surface area (Å²) >= 11 is 1.33. The van der Waals surface area contributed by atoms with Crippen molar-refractivity contribution in [2.24, 2.45) is 17.8 Å². The number of aryl methyl sites for hydroxylation is 2. The number of nitrogens with one attached hydrogen (secondary N) is 1. The second-order valence-electron chi connectivity index (χ2n) is 7.58. The summed E-state index contributed by atoms with van der Waals surface area (Å²) in [5, 5.41) is 3.78. The van der Waals surface area contributed by atoms with Gasteiger partial charge < -0.3 is 5.32 Å². The van der Waals surface area contributed by atoms with Gasteiger partial charge in [0.15, 0.2) is 5.78 Å². The third-order valence-corrected chi connectivity index (χ3v) is 6.66. The predicted molar refractivity (Wildman–Crippen MR) is 98.8 cm³/mol. The van der Waals surface area contributed by atoms with Crippen molar-refractivity contribution in [3.63, 3.8) is 0 Å². The number of thioether (sulfide) groups is 1. The predicted octanol–water partition coefficient (Wildman–Crippen LogP) is 3.33. The lowest BCUT2D eigenvalue weighted by Gasteiger charge is -2.28. The number of carbonyl (C=O) groups is 2. The Hall–Kier alpha value is -1.43. The SMILES string of the molecule is CC(=O)c1c(C)nc(C)nc1SCC(=O)N[C@H](C)[C@H]1C[C@H]2CC[C@H]1C2. The van der Waals surface area contributed by atoms with Crippen molar-refractivity contribution in [2.45, 2.75) is 64.4 Å². The number of Topliss-reactive ketones (excluding diaryl/α,β-unsaturated/α-hetero) is 1. The second-order valence-corrected chi connectivity index (χ2v) is 8.54. The minimum absolute atomic E-state index is 0.0173. The Kier molecular flexibility index (Phi) is 5.46. The van der Waals surface area contributed by atoms with Gasteiger partial charge in [-0.3, -0.25) is 9.59 Å². The molecular formula is C19H27N3O2S. The molecule has 0 aromatic carbocycles. The first-order valence-corrected chi connectivity index (χ1v) is 10.1. The lowest BCUT2D eigenvalue weighted by Crippen LogP contribution is -2.40. The van der Waals surface area contributed by atoms with E-state index in [2.05, 4.69) is 22.2 Å². The zero-order valence-corrected chi connectivity index (χ0v) is 16.3. The van der Waals surface area contributed by atoms with Crippen LogP contribution in [0.3, 0.4) is 0 Å². The molecule has 1 heterocycles. The van der Waals surface area contributed by atoms with E-state index >= 15 is 0 Å². The summed E-state index contributed by atoms with van der Waals surface area (Å²) in [4.78, 5) is 32.9. The average molecular weight is 362 g/mol. The van der Waals surface area contributed by atoms with Gasteiger partial charge in [-0.05, 0) is 64.7 Å². The van der Waals surface area contributed by atoms with E-state index in [0.29, 0.717) is 28.0 Å². The monoisotopic (exact) mass is 361 g/mol. The molecule has 1 amide bonds. The Labute approximate surface area is 153 Å². The molecule has 0 aliphatic heterocycles. The first-order valence-electron chi connectivity index (χ1n) is 9.13. The van der Waals surface area contributed by atoms with Gasteiger partial charge in [0.25, 0.3) is 0 Å². The highest BCUT2D eigenvalue weighted by Gasteiger charge is 2.42. The summed E-state index contributed by atoms with van der Waals surface area (Å²) in [6.07, 6.45) is 5.31. The van der Waals surface area contributed by atoms with Crippen LogP contribution in [-0.4, -0.2) is 33.5 Å². The minimum Gasteiger partial charge on any atom is -0.353 e. The van der Waals surface area contributed by atoms with E-state index in [9.17, 15) is 9.59 Å². The molecule has 2 fully saturated rings. The molecule has 25 heavy (non-hydrogen) atoms. The standard InChI is InChI=1S/C19H27N3O2S/c1-10(16-8-14-5-6-15(16)7-14)21-17(24)9-25-19-18(12(3)23)11(2)20-13(4)22-19/h10,14-16H,5-9H2,1-4H3,(H,21,24)/t10-,14+,15+,16-/m1/s1. The summed E-state index contributed by atoms with van der Waals surface area (Å²) in [5.74, 6) is 3.17. The number of carbonyl (C=O) groups excluding carboxylic acids is 2. The molecule has 136 valence electrons. The van der Waals surface area contributed by atoms with Gasteiger partial charge in [0, 0.05) is 6.04 Å². The average Bonchev–Trinajstić information content (AvgIpc) is 3.14. The van der Waals surface area contributed by atoms with E-state index in [1.165, 1.54) is 44.4 Å². The van der Waals surface area contributed by atoms with Gasteiger partial charge in [-0.25, -0.2) is 9.97 Å². The number of rotatable bonds is 6. The maximum atomic E-state index is 12.4. The van der Waals surface area contributed by atoms with Gasteiger partial charge in [-0.15, -0.1) is 0 Å². The van der Waals surface area contributed by atoms with E-state index in [1.807, 2.05) is 6.92 Å². The molecular weight excluding hydrogens is 334 g/mol. The Morgan fingerprint density at radius 2 is 2.00 bits per heavy atom. The molecule has 6 heteroatoms. The van der Waals surface area contributed by atoms with E-state index in [1.54, 1.807) is 6.92 Å². The molecule has 1 aromatic heterocycles. The van der Waals surface area contributed by atoms with Crippen molar-refractivity contribution < 1.29 is 9.59 Å². The van der Waals surface area contributed by atoms with Crippen LogP contribution in [-0.2, 0) is 4.79 Å². The van der Waals surface area contributed by atoms with Crippen LogP contribution in [0.5, 0.6) is 0 Å². The highest BCUT2D eigenvalue weighted by atomic mass is 32.2. The number of fused-ring (bicyclic) bond motifs is 2. The van der Waals surface area contributed by atoms with E-state index < -0.39 is 0 Å². The molecule has 0 saturated heterocycles. The first-order chi connectivity index (χ1) is 11.8. The van der Waals surface area contributed by atoms with Gasteiger partial charge in [0.05, 0.1) is 17.0 Å². The number of nitrogens with zero attached hydrogens (tertiary/aromatic N) is 2. The zero-order valence-electron chi connectivity index (χ0n) is 15.5. The Balaban J connectivity index is 1.58. The molecule has 2 saturated carbocycles. The van der Waals surface area contributed by atoms with Gasteiger partial charge in [0.1, 0.15) is 10.9 Å². The third kappa shape index (κ3) is 4.05. The van der Waals surface area contributed by atoms with Crippen LogP contribution >= 0.6 is 11.8 Å². The number of aromatic nitrogens is 2. The molecule has 2 bridgehead atoms. The summed E-state index contributed by atoms with van der Waals surface area (Å²) in [6.45, 7) is 7.27. The molecule has 1 aromatic rings. The van der Waals surface area contributed by atoms with Crippen molar-refractivity contribution in [3.05, 3.63) is 17.1 Å². The normalized spacial score (nSPS) is 25.8. The maximum Gasteiger partial charge on any atom is 0.230 e. The molecule has 1 N–H and O–H groups in total. The van der Waals surface area contributed by atoms with Gasteiger partial charge in [0.2, 0.25) is 5.91 Å². The maximum absolute atomic E-state index is 12.4. The second kappa shape index (κ2) is 7.44. The Bertz CT molecular complexity index is 691. The van der Waals surface area contributed by atoms with Crippen molar-refractivity contribution in [2.75, 3.05) is 5.75 Å². The van der Waals surface area contributed by atoms with Crippen LogP contribution in [0, 0.1) is 31.6 Å². The highest BCUT2D eigenvalue weighted by molar-refractivity contribution is 8.00. The topological polar surface area (TPSA) is 72.0 Å². The largest absolute Gasteiger partial charge is 0.353 e. The lowest BCUT2D eigenvalue weighted by molar-refractivity contribution is -0.119. The van der Waals surface area contributed by atoms with Gasteiger partial charge in [-0.1, -0.05) is 18.2 Å². The molecule has 3 rings (SSSR count). The van der Waals surface area contributed by atoms with Gasteiger partial charge in [-0.2, -0.15) is 0 Å². The number of hydrogen-bond donors (Lipinski definition) is 1. The number of hydrogen-bond acceptors (Lipinski definition) is 5. The molecule has 0 unspecified atom stereocenters. The summed E-state index contributed by atoms with van der Waals surface area (Å²) in [6, 6.07) is 0.226. The quantitative estimate of drug-likeness (QED) is 0.478. The fraction of sp³-hybridized carbons (Fsp3) is 0.684. The number of amides is 1. The fourth-order valence-electron chi connectivity index (χ4n) is 4.63. The van der Waals surface area contributed by atoms with E-state index in [0.717, 1.165) is 11.8 Å². The van der Waals surface area contributed by atoms with Crippen LogP contribution in [0.25, 0.3) is 0 Å². The molecule has 0 spiro atoms. The molecule has 2 aliphatic carbocycles. The molecule has 5 nitrogen and oxygen atoms in total. The first kappa shape index (κ1) is 18.4. The van der Waals surface area contributed by atoms with E-state index in [-0.39, 0.29) is 23.5 Å². The van der Waals surface area contributed by atoms with Gasteiger partial charge >= 0.3 is 0 Å². The van der Waals surface area contributed by atoms with Crippen LogP contribution < -0.4 is 5.32 Å². The van der Waals surface area contributed by atoms with Crippen molar-refractivity contribution in [1.82, 2.24) is 15.3 Å². The summed E-state index contributed by atoms with van der Waals surface area (Å²) < 4.78 is 0. The Morgan fingerprint density at radius 3 is 2.60 bits per heavy atom. The summed E-state index contributed by atoms with van der Waals surface area (Å²) in [5.41, 5.74) is 1.21. The molecule has 4 atom stereocenters. The van der Waals surface area contributed by atoms with Crippen LogP contribution in [0.1, 0.15) is 61.4 Å². The smallest absolute Gasteiger partial charge is 0.230 e. The zero-order chi connectivity index (χ0) is 18.1. The Morgan fingerprint density at radius 1 is 1.24 bits per heavy atom. The third-order valence-electron chi connectivity index (χ3n) is 5.68. The summed E-state index contributed by atoms with van der Waals surface area (Å²) in [7, 11) is 0.